The maximum Gasteiger partial charge on any atom is 0.265 e. The van der Waals surface area contributed by atoms with Gasteiger partial charge < -0.3 is 19.9 Å². The van der Waals surface area contributed by atoms with Gasteiger partial charge in [0.05, 0.1) is 29.5 Å². The molecule has 0 bridgehead atoms. The van der Waals surface area contributed by atoms with Gasteiger partial charge in [-0.2, -0.15) is 0 Å². The molecule has 2 aromatic heterocycles. The van der Waals surface area contributed by atoms with Crippen LogP contribution in [0.2, 0.25) is 0 Å². The summed E-state index contributed by atoms with van der Waals surface area (Å²) in [6.07, 6.45) is 3.68. The van der Waals surface area contributed by atoms with E-state index in [1.807, 2.05) is 43.5 Å². The van der Waals surface area contributed by atoms with E-state index in [1.54, 1.807) is 48.2 Å². The van der Waals surface area contributed by atoms with Gasteiger partial charge in [-0.05, 0) is 73.7 Å². The number of Topliss-reactive ketones (excluding diaryl/α,β-unsaturated/α-hetero) is 1. The van der Waals surface area contributed by atoms with Crippen LogP contribution in [0.3, 0.4) is 0 Å². The molecule has 5 aromatic rings. The molecule has 0 aliphatic carbocycles. The Morgan fingerprint density at radius 1 is 0.961 bits per heavy atom. The lowest BCUT2D eigenvalue weighted by Gasteiger charge is -2.37. The molecule has 3 aromatic carbocycles. The highest BCUT2D eigenvalue weighted by Crippen LogP contribution is 2.43. The number of nitrogens with one attached hydrogen (secondary N) is 1. The van der Waals surface area contributed by atoms with Crippen LogP contribution >= 0.6 is 11.3 Å². The van der Waals surface area contributed by atoms with Gasteiger partial charge in [-0.3, -0.25) is 14.4 Å². The van der Waals surface area contributed by atoms with E-state index < -0.39 is 5.82 Å². The van der Waals surface area contributed by atoms with E-state index in [2.05, 4.69) is 16.3 Å². The average molecular weight is 701 g/mol. The van der Waals surface area contributed by atoms with Crippen LogP contribution in [0, 0.1) is 25.1 Å². The van der Waals surface area contributed by atoms with E-state index in [9.17, 15) is 18.8 Å². The minimum absolute atomic E-state index is 0.0295. The normalized spacial score (nSPS) is 15.9. The van der Waals surface area contributed by atoms with E-state index in [-0.39, 0.29) is 35.1 Å². The van der Waals surface area contributed by atoms with Crippen molar-refractivity contribution in [1.29, 1.82) is 0 Å². The molecule has 0 saturated carbocycles. The molecular weight excluding hydrogens is 664 g/mol. The molecular formula is C41H37FN4O4S. The van der Waals surface area contributed by atoms with Gasteiger partial charge in [0, 0.05) is 64.8 Å². The highest BCUT2D eigenvalue weighted by Gasteiger charge is 2.45. The first kappa shape index (κ1) is 33.0. The fourth-order valence-electron chi connectivity index (χ4n) is 7.39. The standard InChI is InChI=1S/C41H37FN4O4S/c1-25-18-30(38(43-21-25)45-17-15-41(22-45)23-50-24-41)19-34(47)27-10-12-28(13-11-27)40(49)46-16-14-29-20-35(51-37(29)31-7-3-4-9-33(31)46)39(48)44-36-26(2)6-5-8-32(36)42/h3-13,18,20-21H,14-17,19,22-24H2,1-2H3,(H,44,48). The Labute approximate surface area is 299 Å². The van der Waals surface area contributed by atoms with Crippen LogP contribution in [-0.4, -0.2) is 55.4 Å². The number of hydrogen-bond donors (Lipinski definition) is 1. The van der Waals surface area contributed by atoms with Crippen molar-refractivity contribution in [2.24, 2.45) is 5.41 Å². The monoisotopic (exact) mass is 700 g/mol. The summed E-state index contributed by atoms with van der Waals surface area (Å²) in [5.74, 6) is -0.183. The molecule has 0 radical (unpaired) electrons. The maximum atomic E-state index is 14.5. The van der Waals surface area contributed by atoms with E-state index in [1.165, 1.54) is 17.4 Å². The summed E-state index contributed by atoms with van der Waals surface area (Å²) in [7, 11) is 0. The number of ketones is 1. The predicted octanol–water partition coefficient (Wildman–Crippen LogP) is 7.67. The second-order valence-corrected chi connectivity index (χ2v) is 15.0. The van der Waals surface area contributed by atoms with Crippen molar-refractivity contribution in [3.8, 4) is 10.4 Å². The lowest BCUT2D eigenvalue weighted by atomic mass is 9.85. The summed E-state index contributed by atoms with van der Waals surface area (Å²) in [6.45, 7) is 7.50. The number of fused-ring (bicyclic) bond motifs is 3. The number of aryl methyl sites for hydroxylation is 2. The first-order valence-electron chi connectivity index (χ1n) is 17.2. The van der Waals surface area contributed by atoms with Crippen molar-refractivity contribution in [2.75, 3.05) is 48.0 Å². The number of carbonyl (C=O) groups is 3. The third-order valence-electron chi connectivity index (χ3n) is 10.2. The fourth-order valence-corrected chi connectivity index (χ4v) is 8.53. The molecule has 0 atom stereocenters. The molecule has 2 saturated heterocycles. The molecule has 2 fully saturated rings. The zero-order valence-electron chi connectivity index (χ0n) is 28.5. The van der Waals surface area contributed by atoms with Crippen LogP contribution in [0.5, 0.6) is 0 Å². The molecule has 3 aliphatic rings. The average Bonchev–Trinajstić information content (AvgIpc) is 3.73. The predicted molar refractivity (Wildman–Crippen MR) is 198 cm³/mol. The molecule has 8 nitrogen and oxygen atoms in total. The topological polar surface area (TPSA) is 91.8 Å². The quantitative estimate of drug-likeness (QED) is 0.175. The summed E-state index contributed by atoms with van der Waals surface area (Å²) >= 11 is 1.34. The van der Waals surface area contributed by atoms with E-state index in [4.69, 9.17) is 9.72 Å². The summed E-state index contributed by atoms with van der Waals surface area (Å²) in [6, 6.07) is 23.2. The van der Waals surface area contributed by atoms with E-state index >= 15 is 0 Å². The van der Waals surface area contributed by atoms with Crippen LogP contribution in [0.15, 0.2) is 85.1 Å². The number of benzene rings is 3. The van der Waals surface area contributed by atoms with E-state index in [0.717, 1.165) is 71.4 Å². The summed E-state index contributed by atoms with van der Waals surface area (Å²) in [5, 5.41) is 2.74. The van der Waals surface area contributed by atoms with Gasteiger partial charge in [-0.1, -0.05) is 48.5 Å². The molecule has 3 aliphatic heterocycles. The molecule has 1 N–H and O–H groups in total. The minimum Gasteiger partial charge on any atom is -0.380 e. The number of carbonyl (C=O) groups excluding carboxylic acids is 3. The van der Waals surface area contributed by atoms with Crippen molar-refractivity contribution in [2.45, 2.75) is 33.1 Å². The maximum absolute atomic E-state index is 14.5. The Balaban J connectivity index is 0.991. The zero-order chi connectivity index (χ0) is 35.3. The highest BCUT2D eigenvalue weighted by atomic mass is 32.1. The van der Waals surface area contributed by atoms with Crippen LogP contribution in [0.1, 0.15) is 59.1 Å². The largest absolute Gasteiger partial charge is 0.380 e. The third-order valence-corrected chi connectivity index (χ3v) is 11.4. The van der Waals surface area contributed by atoms with Crippen LogP contribution in [-0.2, 0) is 17.6 Å². The molecule has 8 rings (SSSR count). The number of para-hydroxylation sites is 2. The van der Waals surface area contributed by atoms with Crippen molar-refractivity contribution in [3.63, 3.8) is 0 Å². The number of hydrogen-bond acceptors (Lipinski definition) is 7. The second kappa shape index (κ2) is 13.2. The number of anilines is 3. The fraction of sp³-hybridized carbons (Fsp3) is 0.268. The van der Waals surface area contributed by atoms with Gasteiger partial charge in [0.15, 0.2) is 5.78 Å². The first-order chi connectivity index (χ1) is 24.7. The molecule has 10 heteroatoms. The Morgan fingerprint density at radius 3 is 2.49 bits per heavy atom. The summed E-state index contributed by atoms with van der Waals surface area (Å²) in [5.41, 5.74) is 6.52. The number of amides is 2. The SMILES string of the molecule is Cc1cnc(N2CCC3(COC3)C2)c(CC(=O)c2ccc(C(=O)N3CCc4cc(C(=O)Nc5c(C)cccc5F)sc4-c4ccccc43)cc2)c1. The number of rotatable bonds is 7. The van der Waals surface area contributed by atoms with Crippen molar-refractivity contribution in [1.82, 2.24) is 4.98 Å². The lowest BCUT2D eigenvalue weighted by molar-refractivity contribution is -0.0985. The highest BCUT2D eigenvalue weighted by molar-refractivity contribution is 7.17. The number of thiophene rings is 1. The van der Waals surface area contributed by atoms with Gasteiger partial charge in [-0.25, -0.2) is 9.37 Å². The van der Waals surface area contributed by atoms with E-state index in [0.29, 0.717) is 34.5 Å². The van der Waals surface area contributed by atoms with Crippen molar-refractivity contribution in [3.05, 3.63) is 129 Å². The third kappa shape index (κ3) is 6.23. The summed E-state index contributed by atoms with van der Waals surface area (Å²) < 4.78 is 20.0. The lowest BCUT2D eigenvalue weighted by Crippen LogP contribution is -2.44. The first-order valence-corrected chi connectivity index (χ1v) is 18.0. The number of pyridine rings is 1. The molecule has 2 amide bonds. The number of ether oxygens (including phenoxy) is 1. The number of halogens is 1. The molecule has 258 valence electrons. The smallest absolute Gasteiger partial charge is 0.265 e. The number of nitrogens with zero attached hydrogens (tertiary/aromatic N) is 3. The second-order valence-electron chi connectivity index (χ2n) is 13.9. The van der Waals surface area contributed by atoms with Gasteiger partial charge in [0.2, 0.25) is 0 Å². The van der Waals surface area contributed by atoms with Crippen molar-refractivity contribution >= 4 is 46.1 Å². The Hall–Kier alpha value is -5.19. The molecule has 51 heavy (non-hydrogen) atoms. The zero-order valence-corrected chi connectivity index (χ0v) is 29.3. The molecule has 5 heterocycles. The Kier molecular flexibility index (Phi) is 8.52. The van der Waals surface area contributed by atoms with Gasteiger partial charge >= 0.3 is 0 Å². The van der Waals surface area contributed by atoms with Crippen LogP contribution in [0.25, 0.3) is 10.4 Å². The van der Waals surface area contributed by atoms with Gasteiger partial charge in [-0.15, -0.1) is 11.3 Å². The summed E-state index contributed by atoms with van der Waals surface area (Å²) in [4.78, 5) is 51.0. The Morgan fingerprint density at radius 2 is 1.75 bits per heavy atom. The van der Waals surface area contributed by atoms with Gasteiger partial charge in [0.25, 0.3) is 11.8 Å². The molecule has 1 spiro atoms. The van der Waals surface area contributed by atoms with Crippen molar-refractivity contribution < 1.29 is 23.5 Å². The Bertz CT molecular complexity index is 2170. The van der Waals surface area contributed by atoms with Crippen LogP contribution in [0.4, 0.5) is 21.6 Å². The molecule has 0 unspecified atom stereocenters. The van der Waals surface area contributed by atoms with Crippen LogP contribution < -0.4 is 15.1 Å². The van der Waals surface area contributed by atoms with Gasteiger partial charge in [0.1, 0.15) is 11.6 Å². The minimum atomic E-state index is -0.480. The number of aromatic nitrogens is 1.